The normalized spacial score (nSPS) is 10.9. The van der Waals surface area contributed by atoms with Crippen LogP contribution in [0.5, 0.6) is 11.5 Å². The van der Waals surface area contributed by atoms with Gasteiger partial charge in [0.05, 0.1) is 24.4 Å². The second kappa shape index (κ2) is 7.04. The zero-order valence-electron chi connectivity index (χ0n) is 11.3. The smallest absolute Gasteiger partial charge is 0.175 e. The summed E-state index contributed by atoms with van der Waals surface area (Å²) in [5.41, 5.74) is 0.881. The third-order valence-corrected chi connectivity index (χ3v) is 3.04. The minimum absolute atomic E-state index is 0.642. The van der Waals surface area contributed by atoms with Gasteiger partial charge in [-0.15, -0.1) is 10.2 Å². The van der Waals surface area contributed by atoms with Crippen molar-refractivity contribution >= 4 is 22.1 Å². The molecule has 1 heterocycles. The van der Waals surface area contributed by atoms with Gasteiger partial charge in [-0.05, 0) is 40.0 Å². The summed E-state index contributed by atoms with van der Waals surface area (Å²) >= 11 is 3.49. The Bertz CT molecular complexity index is 584. The third kappa shape index (κ3) is 3.57. The van der Waals surface area contributed by atoms with Gasteiger partial charge in [-0.25, -0.2) is 4.68 Å². The summed E-state index contributed by atoms with van der Waals surface area (Å²) < 4.78 is 13.4. The highest BCUT2D eigenvalue weighted by Crippen LogP contribution is 2.36. The maximum Gasteiger partial charge on any atom is 0.175 e. The molecule has 0 radical (unpaired) electrons. The molecule has 1 aromatic heterocycles. The van der Waals surface area contributed by atoms with Crippen LogP contribution in [0.25, 0.3) is 0 Å². The fraction of sp³-hybridized carbons (Fsp3) is 0.308. The molecule has 0 aliphatic heterocycles. The summed E-state index contributed by atoms with van der Waals surface area (Å²) in [7, 11) is 1.61. The van der Waals surface area contributed by atoms with Gasteiger partial charge >= 0.3 is 0 Å². The molecule has 0 saturated heterocycles. The molecule has 0 atom stereocenters. The first-order valence-corrected chi connectivity index (χ1v) is 6.93. The van der Waals surface area contributed by atoms with Gasteiger partial charge in [0.2, 0.25) is 0 Å². The van der Waals surface area contributed by atoms with Gasteiger partial charge in [-0.1, -0.05) is 6.92 Å². The second-order valence-corrected chi connectivity index (χ2v) is 4.82. The Balaban J connectivity index is 2.25. The number of nitrogens with zero attached hydrogens (tertiary/aromatic N) is 4. The van der Waals surface area contributed by atoms with E-state index in [0.717, 1.165) is 16.5 Å². The summed E-state index contributed by atoms with van der Waals surface area (Å²) in [4.78, 5) is 0. The van der Waals surface area contributed by atoms with Gasteiger partial charge < -0.3 is 9.47 Å². The van der Waals surface area contributed by atoms with Crippen LogP contribution >= 0.6 is 15.9 Å². The SMILES string of the molecule is CCCOc1c(Br)cc(C=Nn2cnnc2)cc1OC. The fourth-order valence-electron chi connectivity index (χ4n) is 1.55. The number of benzene rings is 1. The number of ether oxygens (including phenoxy) is 2. The van der Waals surface area contributed by atoms with Crippen LogP contribution in [0.1, 0.15) is 18.9 Å². The molecule has 0 bridgehead atoms. The van der Waals surface area contributed by atoms with E-state index >= 15 is 0 Å². The van der Waals surface area contributed by atoms with Crippen LogP contribution in [-0.2, 0) is 0 Å². The highest BCUT2D eigenvalue weighted by atomic mass is 79.9. The van der Waals surface area contributed by atoms with Gasteiger partial charge in [0.25, 0.3) is 0 Å². The van der Waals surface area contributed by atoms with Crippen molar-refractivity contribution in [3.05, 3.63) is 34.8 Å². The quantitative estimate of drug-likeness (QED) is 0.759. The predicted octanol–water partition coefficient (Wildman–Crippen LogP) is 2.72. The summed E-state index contributed by atoms with van der Waals surface area (Å²) in [6.07, 6.45) is 5.66. The number of methoxy groups -OCH3 is 1. The van der Waals surface area contributed by atoms with Gasteiger partial charge in [0.1, 0.15) is 12.7 Å². The molecule has 106 valence electrons. The van der Waals surface area contributed by atoms with Gasteiger partial charge in [-0.2, -0.15) is 5.10 Å². The Morgan fingerprint density at radius 3 is 2.75 bits per heavy atom. The fourth-order valence-corrected chi connectivity index (χ4v) is 2.12. The van der Waals surface area contributed by atoms with Gasteiger partial charge in [0.15, 0.2) is 11.5 Å². The maximum atomic E-state index is 5.67. The van der Waals surface area contributed by atoms with E-state index < -0.39 is 0 Å². The monoisotopic (exact) mass is 338 g/mol. The number of hydrogen-bond donors (Lipinski definition) is 0. The molecule has 1 aromatic carbocycles. The summed E-state index contributed by atoms with van der Waals surface area (Å²) in [6.45, 7) is 2.70. The van der Waals surface area contributed by atoms with E-state index in [1.54, 1.807) is 13.3 Å². The second-order valence-electron chi connectivity index (χ2n) is 3.97. The molecule has 0 aliphatic carbocycles. The molecule has 2 aromatic rings. The minimum Gasteiger partial charge on any atom is -0.493 e. The van der Waals surface area contributed by atoms with Gasteiger partial charge in [-0.3, -0.25) is 0 Å². The molecule has 6 nitrogen and oxygen atoms in total. The Morgan fingerprint density at radius 2 is 2.10 bits per heavy atom. The molecule has 20 heavy (non-hydrogen) atoms. The van der Waals surface area contributed by atoms with Crippen LogP contribution in [0.2, 0.25) is 0 Å². The lowest BCUT2D eigenvalue weighted by atomic mass is 10.2. The Kier molecular flexibility index (Phi) is 5.11. The lowest BCUT2D eigenvalue weighted by Crippen LogP contribution is -2.00. The number of aromatic nitrogens is 3. The van der Waals surface area contributed by atoms with Crippen LogP contribution in [0.3, 0.4) is 0 Å². The predicted molar refractivity (Wildman–Crippen MR) is 79.5 cm³/mol. The average molecular weight is 339 g/mol. The largest absolute Gasteiger partial charge is 0.493 e. The van der Waals surface area contributed by atoms with Crippen molar-refractivity contribution in [1.29, 1.82) is 0 Å². The van der Waals surface area contributed by atoms with Crippen molar-refractivity contribution in [2.75, 3.05) is 13.7 Å². The molecule has 7 heteroatoms. The molecular weight excluding hydrogens is 324 g/mol. The summed E-state index contributed by atoms with van der Waals surface area (Å²) in [5, 5.41) is 11.6. The topological polar surface area (TPSA) is 61.5 Å². The zero-order chi connectivity index (χ0) is 14.4. The van der Waals surface area contributed by atoms with Crippen molar-refractivity contribution in [3.63, 3.8) is 0 Å². The molecule has 0 aliphatic rings. The molecule has 2 rings (SSSR count). The lowest BCUT2D eigenvalue weighted by Gasteiger charge is -2.12. The van der Waals surface area contributed by atoms with Crippen molar-refractivity contribution in [2.45, 2.75) is 13.3 Å². The van der Waals surface area contributed by atoms with Crippen LogP contribution in [0.15, 0.2) is 34.4 Å². The van der Waals surface area contributed by atoms with E-state index in [1.165, 1.54) is 17.3 Å². The number of hydrogen-bond acceptors (Lipinski definition) is 5. The Labute approximate surface area is 125 Å². The van der Waals surface area contributed by atoms with E-state index in [2.05, 4.69) is 38.2 Å². The minimum atomic E-state index is 0.642. The lowest BCUT2D eigenvalue weighted by molar-refractivity contribution is 0.292. The van der Waals surface area contributed by atoms with Crippen LogP contribution in [-0.4, -0.2) is 34.8 Å². The summed E-state index contributed by atoms with van der Waals surface area (Å²) in [5.74, 6) is 1.37. The van der Waals surface area contributed by atoms with Crippen molar-refractivity contribution < 1.29 is 9.47 Å². The summed E-state index contributed by atoms with van der Waals surface area (Å²) in [6, 6.07) is 3.78. The molecular formula is C13H15BrN4O2. The van der Waals surface area contributed by atoms with Crippen molar-refractivity contribution in [3.8, 4) is 11.5 Å². The Morgan fingerprint density at radius 1 is 1.35 bits per heavy atom. The van der Waals surface area contributed by atoms with Crippen LogP contribution < -0.4 is 9.47 Å². The highest BCUT2D eigenvalue weighted by Gasteiger charge is 2.10. The highest BCUT2D eigenvalue weighted by molar-refractivity contribution is 9.10. The molecule has 0 saturated carbocycles. The molecule has 0 unspecified atom stereocenters. The number of rotatable bonds is 6. The van der Waals surface area contributed by atoms with Gasteiger partial charge in [0, 0.05) is 0 Å². The zero-order valence-corrected chi connectivity index (χ0v) is 12.9. The van der Waals surface area contributed by atoms with E-state index in [1.807, 2.05) is 12.1 Å². The van der Waals surface area contributed by atoms with E-state index in [4.69, 9.17) is 9.47 Å². The molecule has 0 N–H and O–H groups in total. The molecule has 0 spiro atoms. The Hall–Kier alpha value is -1.89. The maximum absolute atomic E-state index is 5.67. The average Bonchev–Trinajstić information content (AvgIpc) is 2.96. The molecule has 0 amide bonds. The van der Waals surface area contributed by atoms with Crippen molar-refractivity contribution in [1.82, 2.24) is 14.9 Å². The van der Waals surface area contributed by atoms with Crippen LogP contribution in [0, 0.1) is 0 Å². The van der Waals surface area contributed by atoms with E-state index in [9.17, 15) is 0 Å². The first-order chi connectivity index (χ1) is 9.74. The van der Waals surface area contributed by atoms with Crippen LogP contribution in [0.4, 0.5) is 0 Å². The molecule has 0 fully saturated rings. The number of halogens is 1. The van der Waals surface area contributed by atoms with E-state index in [0.29, 0.717) is 18.1 Å². The third-order valence-electron chi connectivity index (χ3n) is 2.45. The van der Waals surface area contributed by atoms with Crippen molar-refractivity contribution in [2.24, 2.45) is 5.10 Å². The first-order valence-electron chi connectivity index (χ1n) is 6.14. The van der Waals surface area contributed by atoms with E-state index in [-0.39, 0.29) is 0 Å². The first kappa shape index (κ1) is 14.5. The standard InChI is InChI=1S/C13H15BrN4O2/c1-3-4-20-13-11(14)5-10(6-12(13)19-2)7-17-18-8-15-16-9-18/h5-9H,3-4H2,1-2H3.